The van der Waals surface area contributed by atoms with Gasteiger partial charge in [0.15, 0.2) is 6.61 Å². The first kappa shape index (κ1) is 24.9. The second kappa shape index (κ2) is 10.6. The van der Waals surface area contributed by atoms with Crippen LogP contribution < -0.4 is 5.32 Å². The zero-order valence-corrected chi connectivity index (χ0v) is 20.3. The number of morpholine rings is 1. The smallest absolute Gasteiger partial charge is 0.344 e. The Hall–Kier alpha value is -3.25. The van der Waals surface area contributed by atoms with E-state index < -0.39 is 28.5 Å². The van der Waals surface area contributed by atoms with E-state index in [9.17, 15) is 18.0 Å². The number of carbonyl (C=O) groups is 2. The van der Waals surface area contributed by atoms with E-state index in [-0.39, 0.29) is 40.0 Å². The molecule has 184 valence electrons. The number of nitrogens with one attached hydrogen (secondary N) is 1. The van der Waals surface area contributed by atoms with E-state index in [1.807, 2.05) is 6.07 Å². The van der Waals surface area contributed by atoms with Crippen molar-refractivity contribution >= 4 is 39.2 Å². The molecule has 0 bridgehead atoms. The molecule has 4 rings (SSSR count). The monoisotopic (exact) mass is 519 g/mol. The molecular weight excluding hydrogens is 498 g/mol. The molecule has 10 nitrogen and oxygen atoms in total. The predicted molar refractivity (Wildman–Crippen MR) is 127 cm³/mol. The second-order valence-corrected chi connectivity index (χ2v) is 9.96. The maximum absolute atomic E-state index is 12.9. The first-order valence-corrected chi connectivity index (χ1v) is 12.5. The van der Waals surface area contributed by atoms with Crippen molar-refractivity contribution in [2.75, 3.05) is 38.2 Å². The van der Waals surface area contributed by atoms with E-state index in [2.05, 4.69) is 10.5 Å². The van der Waals surface area contributed by atoms with Crippen LogP contribution in [-0.2, 0) is 24.3 Å². The third kappa shape index (κ3) is 5.54. The van der Waals surface area contributed by atoms with Crippen LogP contribution in [0.3, 0.4) is 0 Å². The highest BCUT2D eigenvalue weighted by Gasteiger charge is 2.27. The number of ether oxygens (including phenoxy) is 2. The van der Waals surface area contributed by atoms with Crippen molar-refractivity contribution in [2.24, 2.45) is 0 Å². The number of anilines is 1. The van der Waals surface area contributed by atoms with Gasteiger partial charge >= 0.3 is 5.97 Å². The van der Waals surface area contributed by atoms with Gasteiger partial charge in [0.1, 0.15) is 17.0 Å². The van der Waals surface area contributed by atoms with Crippen LogP contribution in [0.25, 0.3) is 11.3 Å². The normalized spacial score (nSPS) is 14.5. The predicted octanol–water partition coefficient (Wildman–Crippen LogP) is 3.12. The van der Waals surface area contributed by atoms with Crippen LogP contribution in [0, 0.1) is 6.92 Å². The van der Waals surface area contributed by atoms with E-state index in [1.54, 1.807) is 31.2 Å². The van der Waals surface area contributed by atoms with Gasteiger partial charge in [0.25, 0.3) is 5.91 Å². The molecule has 0 unspecified atom stereocenters. The van der Waals surface area contributed by atoms with Crippen molar-refractivity contribution in [3.8, 4) is 11.3 Å². The highest BCUT2D eigenvalue weighted by Crippen LogP contribution is 2.28. The lowest BCUT2D eigenvalue weighted by Crippen LogP contribution is -2.40. The van der Waals surface area contributed by atoms with E-state index in [0.717, 1.165) is 0 Å². The first-order valence-electron chi connectivity index (χ1n) is 10.6. The van der Waals surface area contributed by atoms with Gasteiger partial charge in [0.2, 0.25) is 10.0 Å². The van der Waals surface area contributed by atoms with Gasteiger partial charge in [0.05, 0.1) is 28.8 Å². The summed E-state index contributed by atoms with van der Waals surface area (Å²) in [4.78, 5) is 25.1. The number of rotatable bonds is 7. The summed E-state index contributed by atoms with van der Waals surface area (Å²) in [6.07, 6.45) is 0. The summed E-state index contributed by atoms with van der Waals surface area (Å²) in [7, 11) is -3.79. The molecule has 0 spiro atoms. The van der Waals surface area contributed by atoms with E-state index >= 15 is 0 Å². The Labute approximate surface area is 206 Å². The minimum atomic E-state index is -3.79. The molecule has 2 aromatic carbocycles. The van der Waals surface area contributed by atoms with E-state index in [0.29, 0.717) is 24.5 Å². The third-order valence-electron chi connectivity index (χ3n) is 5.27. The lowest BCUT2D eigenvalue weighted by atomic mass is 10.1. The molecule has 1 aliphatic rings. The molecule has 0 saturated carbocycles. The summed E-state index contributed by atoms with van der Waals surface area (Å²) in [5.41, 5.74) is 1.15. The highest BCUT2D eigenvalue weighted by molar-refractivity contribution is 7.89. The van der Waals surface area contributed by atoms with Gasteiger partial charge in [-0.3, -0.25) is 4.79 Å². The number of benzene rings is 2. The molecule has 1 aliphatic heterocycles. The molecule has 0 radical (unpaired) electrons. The summed E-state index contributed by atoms with van der Waals surface area (Å²) in [6.45, 7) is 2.01. The number of halogens is 1. The van der Waals surface area contributed by atoms with Gasteiger partial charge in [-0.1, -0.05) is 47.1 Å². The quantitative estimate of drug-likeness (QED) is 0.471. The number of hydrogen-bond acceptors (Lipinski definition) is 8. The van der Waals surface area contributed by atoms with E-state index in [4.69, 9.17) is 25.6 Å². The maximum Gasteiger partial charge on any atom is 0.344 e. The molecule has 1 aromatic heterocycles. The van der Waals surface area contributed by atoms with Crippen molar-refractivity contribution in [3.63, 3.8) is 0 Å². The number of amides is 1. The number of hydrogen-bond donors (Lipinski definition) is 1. The molecule has 1 N–H and O–H groups in total. The van der Waals surface area contributed by atoms with Crippen molar-refractivity contribution in [1.29, 1.82) is 0 Å². The fourth-order valence-electron chi connectivity index (χ4n) is 3.49. The van der Waals surface area contributed by atoms with Gasteiger partial charge in [-0.25, -0.2) is 13.2 Å². The topological polar surface area (TPSA) is 128 Å². The van der Waals surface area contributed by atoms with Crippen molar-refractivity contribution in [3.05, 3.63) is 64.9 Å². The fraction of sp³-hybridized carbons (Fsp3) is 0.261. The number of nitrogens with zero attached hydrogens (tertiary/aromatic N) is 2. The Morgan fingerprint density at radius 2 is 1.86 bits per heavy atom. The van der Waals surface area contributed by atoms with Crippen LogP contribution in [0.5, 0.6) is 0 Å². The average molecular weight is 520 g/mol. The van der Waals surface area contributed by atoms with Gasteiger partial charge < -0.3 is 19.3 Å². The molecule has 0 atom stereocenters. The minimum Gasteiger partial charge on any atom is -0.452 e. The highest BCUT2D eigenvalue weighted by atomic mass is 35.5. The molecule has 1 amide bonds. The second-order valence-electron chi connectivity index (χ2n) is 7.61. The number of aromatic nitrogens is 1. The standard InChI is InChI=1S/C23H22ClN3O7S/c1-15-21(22(26-34-15)16-5-3-2-4-6-16)23(29)33-14-20(28)25-19-13-17(7-8-18(19)24)35(30,31)27-9-11-32-12-10-27/h2-8,13H,9-12,14H2,1H3,(H,25,28). The molecule has 3 aromatic rings. The Balaban J connectivity index is 1.44. The van der Waals surface area contributed by atoms with Crippen LogP contribution in [0.2, 0.25) is 5.02 Å². The largest absolute Gasteiger partial charge is 0.452 e. The summed E-state index contributed by atoms with van der Waals surface area (Å²) >= 11 is 6.16. The Bertz CT molecular complexity index is 1340. The van der Waals surface area contributed by atoms with Crippen LogP contribution in [0.15, 0.2) is 57.9 Å². The Morgan fingerprint density at radius 3 is 2.57 bits per heavy atom. The summed E-state index contributed by atoms with van der Waals surface area (Å²) in [5.74, 6) is -1.23. The van der Waals surface area contributed by atoms with Crippen LogP contribution >= 0.6 is 11.6 Å². The van der Waals surface area contributed by atoms with Gasteiger partial charge in [0, 0.05) is 18.7 Å². The van der Waals surface area contributed by atoms with Gasteiger partial charge in [-0.15, -0.1) is 0 Å². The van der Waals surface area contributed by atoms with Crippen LogP contribution in [-0.4, -0.2) is 62.7 Å². The number of aryl methyl sites for hydroxylation is 1. The minimum absolute atomic E-state index is 0.0244. The number of esters is 1. The molecule has 0 aliphatic carbocycles. The van der Waals surface area contributed by atoms with Crippen molar-refractivity contribution < 1.29 is 32.0 Å². The molecule has 35 heavy (non-hydrogen) atoms. The lowest BCUT2D eigenvalue weighted by molar-refractivity contribution is -0.119. The zero-order valence-electron chi connectivity index (χ0n) is 18.7. The van der Waals surface area contributed by atoms with Crippen LogP contribution in [0.4, 0.5) is 5.69 Å². The number of sulfonamides is 1. The maximum atomic E-state index is 12.9. The van der Waals surface area contributed by atoms with Crippen LogP contribution in [0.1, 0.15) is 16.1 Å². The zero-order chi connectivity index (χ0) is 25.0. The molecule has 12 heteroatoms. The molecule has 1 saturated heterocycles. The number of carbonyl (C=O) groups excluding carboxylic acids is 2. The third-order valence-corrected chi connectivity index (χ3v) is 7.49. The summed E-state index contributed by atoms with van der Waals surface area (Å²) < 4.78 is 42.6. The molecular formula is C23H22ClN3O7S. The van der Waals surface area contributed by atoms with E-state index in [1.165, 1.54) is 22.5 Å². The van der Waals surface area contributed by atoms with Gasteiger partial charge in [-0.05, 0) is 25.1 Å². The molecule has 1 fully saturated rings. The average Bonchev–Trinajstić information content (AvgIpc) is 3.26. The SMILES string of the molecule is Cc1onc(-c2ccccc2)c1C(=O)OCC(=O)Nc1cc(S(=O)(=O)N2CCOCC2)ccc1Cl. The van der Waals surface area contributed by atoms with Crippen molar-refractivity contribution in [2.45, 2.75) is 11.8 Å². The summed E-state index contributed by atoms with van der Waals surface area (Å²) in [6, 6.07) is 12.9. The van der Waals surface area contributed by atoms with Crippen molar-refractivity contribution in [1.82, 2.24) is 9.46 Å². The van der Waals surface area contributed by atoms with Gasteiger partial charge in [-0.2, -0.15) is 4.31 Å². The lowest BCUT2D eigenvalue weighted by Gasteiger charge is -2.26. The Kier molecular flexibility index (Phi) is 7.51. The summed E-state index contributed by atoms with van der Waals surface area (Å²) in [5, 5.41) is 6.55. The molecule has 2 heterocycles. The Morgan fingerprint density at radius 1 is 1.14 bits per heavy atom. The first-order chi connectivity index (χ1) is 16.8. The fourth-order valence-corrected chi connectivity index (χ4v) is 5.09.